The Morgan fingerprint density at radius 1 is 0.289 bits per heavy atom. The van der Waals surface area contributed by atoms with Gasteiger partial charge >= 0.3 is 0 Å². The minimum atomic E-state index is 1.25. The van der Waals surface area contributed by atoms with Gasteiger partial charge in [0, 0.05) is 0 Å². The zero-order chi connectivity index (χ0) is 30.8. The molecule has 0 atom stereocenters. The molecule has 0 saturated carbocycles. The van der Waals surface area contributed by atoms with Gasteiger partial charge in [0.25, 0.3) is 0 Å². The fraction of sp³-hybridized carbons (Fsp3) is 0. The van der Waals surface area contributed by atoms with E-state index in [1.54, 1.807) is 0 Å². The second-order valence-corrected chi connectivity index (χ2v) is 12.6. The van der Waals surface area contributed by atoms with Gasteiger partial charge in [-0.15, -0.1) is 16.4 Å². The summed E-state index contributed by atoms with van der Waals surface area (Å²) in [6.07, 6.45) is 0. The molecule has 0 heterocycles. The Hall–Kier alpha value is -4.88. The van der Waals surface area contributed by atoms with Crippen LogP contribution in [-0.2, 0) is 0 Å². The van der Waals surface area contributed by atoms with Crippen molar-refractivity contribution in [1.82, 2.24) is 0 Å². The van der Waals surface area contributed by atoms with Crippen molar-refractivity contribution < 1.29 is 0 Å². The number of hydrogen-bond acceptors (Lipinski definition) is 0. The third-order valence-electron chi connectivity index (χ3n) is 10.4. The highest BCUT2D eigenvalue weighted by atomic mass is 14.2. The predicted molar refractivity (Wildman–Crippen MR) is 214 cm³/mol. The Labute approximate surface area is 269 Å². The first-order chi connectivity index (χ1) is 21.9. The molecule has 0 unspecified atom stereocenters. The van der Waals surface area contributed by atoms with E-state index in [1.807, 2.05) is 0 Å². The summed E-state index contributed by atoms with van der Waals surface area (Å²) in [7, 11) is 11.4. The molecule has 0 amide bonds. The van der Waals surface area contributed by atoms with Crippen LogP contribution < -0.4 is 27.3 Å². The fourth-order valence-corrected chi connectivity index (χ4v) is 7.66. The average molecular weight is 566 g/mol. The molecule has 0 aliphatic rings. The zero-order valence-electron chi connectivity index (χ0n) is 26.6. The first-order valence-electron chi connectivity index (χ1n) is 16.0. The highest BCUT2D eigenvalue weighted by Gasteiger charge is 2.20. The molecule has 0 nitrogen and oxygen atoms in total. The Morgan fingerprint density at radius 2 is 0.800 bits per heavy atom. The summed E-state index contributed by atoms with van der Waals surface area (Å²) >= 11 is 0. The van der Waals surface area contributed by atoms with Gasteiger partial charge in [-0.3, -0.25) is 0 Å². The van der Waals surface area contributed by atoms with Gasteiger partial charge in [-0.1, -0.05) is 126 Å². The normalized spacial score (nSPS) is 11.6. The van der Waals surface area contributed by atoms with Gasteiger partial charge in [0.1, 0.15) is 39.2 Å². The minimum Gasteiger partial charge on any atom is -0.102 e. The van der Waals surface area contributed by atoms with Crippen LogP contribution in [0.15, 0.2) is 127 Å². The van der Waals surface area contributed by atoms with Crippen molar-refractivity contribution in [2.75, 3.05) is 0 Å². The van der Waals surface area contributed by atoms with Crippen LogP contribution in [0.2, 0.25) is 0 Å². The molecule has 0 bridgehead atoms. The Balaban J connectivity index is 1.56. The van der Waals surface area contributed by atoms with Crippen molar-refractivity contribution in [3.8, 4) is 33.4 Å². The molecule has 8 aromatic rings. The van der Waals surface area contributed by atoms with E-state index < -0.39 is 0 Å². The van der Waals surface area contributed by atoms with Gasteiger partial charge in [-0.05, 0) is 88.6 Å². The van der Waals surface area contributed by atoms with Gasteiger partial charge in [0.2, 0.25) is 0 Å². The van der Waals surface area contributed by atoms with Gasteiger partial charge in [0.15, 0.2) is 0 Å². The Morgan fingerprint density at radius 3 is 1.53 bits per heavy atom. The first-order valence-corrected chi connectivity index (χ1v) is 16.0. The second-order valence-electron chi connectivity index (χ2n) is 12.6. The summed E-state index contributed by atoms with van der Waals surface area (Å²) in [5.74, 6) is 0. The topological polar surface area (TPSA) is 0 Å². The smallest absolute Gasteiger partial charge is 0.102 e. The van der Waals surface area contributed by atoms with Gasteiger partial charge in [-0.25, -0.2) is 0 Å². The van der Waals surface area contributed by atoms with Crippen LogP contribution in [0.4, 0.5) is 0 Å². The maximum Gasteiger partial charge on any atom is 0.139 e. The van der Waals surface area contributed by atoms with Crippen LogP contribution in [0.25, 0.3) is 76.5 Å². The van der Waals surface area contributed by atoms with Crippen molar-refractivity contribution in [2.24, 2.45) is 0 Å². The standard InChI is InChI=1S/C40H31B5/c41-36-34(37(42)39(44)40(45)38(36)43)26-18-19-31-32(21-26)33(25-17-16-22-8-1-2-10-24(22)20-25)29-13-5-6-14-30(29)35(31)28-15-7-11-23-9-3-4-12-27(23)28/h1-21H,41-45H2. The third-order valence-corrected chi connectivity index (χ3v) is 10.4. The first kappa shape index (κ1) is 27.7. The van der Waals surface area contributed by atoms with Crippen LogP contribution in [0.3, 0.4) is 0 Å². The molecule has 0 spiro atoms. The molecule has 8 rings (SSSR count). The molecule has 206 valence electrons. The van der Waals surface area contributed by atoms with E-state index in [4.69, 9.17) is 0 Å². The molecule has 0 fully saturated rings. The van der Waals surface area contributed by atoms with E-state index in [0.717, 1.165) is 0 Å². The molecule has 0 aliphatic heterocycles. The summed E-state index contributed by atoms with van der Waals surface area (Å²) in [5.41, 5.74) is 14.7. The third kappa shape index (κ3) is 4.29. The van der Waals surface area contributed by atoms with E-state index in [2.05, 4.69) is 167 Å². The largest absolute Gasteiger partial charge is 0.139 e. The lowest BCUT2D eigenvalue weighted by Crippen LogP contribution is -2.55. The summed E-state index contributed by atoms with van der Waals surface area (Å²) in [4.78, 5) is 0. The zero-order valence-corrected chi connectivity index (χ0v) is 26.6. The summed E-state index contributed by atoms with van der Waals surface area (Å²) < 4.78 is 0. The van der Waals surface area contributed by atoms with Crippen LogP contribution in [0.5, 0.6) is 0 Å². The minimum absolute atomic E-state index is 1.25. The van der Waals surface area contributed by atoms with Crippen LogP contribution >= 0.6 is 0 Å². The lowest BCUT2D eigenvalue weighted by molar-refractivity contribution is 1.68. The van der Waals surface area contributed by atoms with Gasteiger partial charge < -0.3 is 0 Å². The van der Waals surface area contributed by atoms with Crippen molar-refractivity contribution in [2.45, 2.75) is 0 Å². The summed E-state index contributed by atoms with van der Waals surface area (Å²) in [6.45, 7) is 0. The van der Waals surface area contributed by atoms with Crippen molar-refractivity contribution >= 4 is 110 Å². The van der Waals surface area contributed by atoms with Crippen molar-refractivity contribution in [1.29, 1.82) is 0 Å². The lowest BCUT2D eigenvalue weighted by atomic mass is 9.59. The van der Waals surface area contributed by atoms with Crippen LogP contribution in [0.1, 0.15) is 0 Å². The molecular weight excluding hydrogens is 535 g/mol. The molecular formula is C40H31B5. The SMILES string of the molecule is Bc1c(B)c(B)c(-c2ccc3c(-c4cccc5ccccc45)c4ccccc4c(-c4ccc5ccccc5c4)c3c2)c(B)c1B. The maximum absolute atomic E-state index is 2.48. The number of benzene rings is 8. The molecule has 8 aromatic carbocycles. The molecule has 0 N–H and O–H groups in total. The van der Waals surface area contributed by atoms with E-state index in [9.17, 15) is 0 Å². The average Bonchev–Trinajstić information content (AvgIpc) is 3.08. The predicted octanol–water partition coefficient (Wildman–Crippen LogP) is 2.59. The van der Waals surface area contributed by atoms with Crippen molar-refractivity contribution in [3.05, 3.63) is 127 Å². The van der Waals surface area contributed by atoms with E-state index in [-0.39, 0.29) is 0 Å². The second kappa shape index (κ2) is 10.6. The number of fused-ring (bicyclic) bond motifs is 4. The number of hydrogen-bond donors (Lipinski definition) is 0. The molecule has 0 radical (unpaired) electrons. The van der Waals surface area contributed by atoms with Gasteiger partial charge in [0.05, 0.1) is 0 Å². The molecule has 5 heteroatoms. The molecule has 0 saturated heterocycles. The van der Waals surface area contributed by atoms with E-state index in [1.165, 1.54) is 104 Å². The maximum atomic E-state index is 2.48. The van der Waals surface area contributed by atoms with Crippen molar-refractivity contribution in [3.63, 3.8) is 0 Å². The van der Waals surface area contributed by atoms with Crippen LogP contribution in [0, 0.1) is 0 Å². The van der Waals surface area contributed by atoms with Gasteiger partial charge in [-0.2, -0.15) is 0 Å². The highest BCUT2D eigenvalue weighted by molar-refractivity contribution is 6.68. The monoisotopic (exact) mass is 566 g/mol. The molecule has 0 aromatic heterocycles. The molecule has 45 heavy (non-hydrogen) atoms. The van der Waals surface area contributed by atoms with Crippen LogP contribution in [-0.4, -0.2) is 39.2 Å². The van der Waals surface area contributed by atoms with E-state index in [0.29, 0.717) is 0 Å². The molecule has 0 aliphatic carbocycles. The summed E-state index contributed by atoms with van der Waals surface area (Å²) in [5, 5.41) is 10.2. The Bertz CT molecular complexity index is 2460. The Kier molecular flexibility index (Phi) is 6.54. The number of rotatable bonds is 3. The summed E-state index contributed by atoms with van der Waals surface area (Å²) in [6, 6.07) is 47.4. The lowest BCUT2D eigenvalue weighted by Gasteiger charge is -2.23. The fourth-order valence-electron chi connectivity index (χ4n) is 7.66. The highest BCUT2D eigenvalue weighted by Crippen LogP contribution is 2.46. The quantitative estimate of drug-likeness (QED) is 0.228. The van der Waals surface area contributed by atoms with E-state index >= 15 is 0 Å².